The molecule has 1 aliphatic heterocycles. The number of hydrogen-bond acceptors (Lipinski definition) is 5. The van der Waals surface area contributed by atoms with Crippen molar-refractivity contribution in [3.05, 3.63) is 58.1 Å². The van der Waals surface area contributed by atoms with Crippen molar-refractivity contribution < 1.29 is 18.0 Å². The molecule has 1 saturated heterocycles. The Morgan fingerprint density at radius 2 is 2.00 bits per heavy atom. The largest absolute Gasteiger partial charge is 0.342 e. The normalized spacial score (nSPS) is 16.8. The molecule has 0 unspecified atom stereocenters. The van der Waals surface area contributed by atoms with Crippen LogP contribution in [0.15, 0.2) is 42.5 Å². The number of amides is 2. The summed E-state index contributed by atoms with van der Waals surface area (Å²) in [6.45, 7) is 0.138. The number of H-pyrrole nitrogens is 1. The first kappa shape index (κ1) is 19.9. The Hall–Kier alpha value is -2.36. The van der Waals surface area contributed by atoms with E-state index in [1.165, 1.54) is 16.2 Å². The second-order valence-corrected chi connectivity index (χ2v) is 10.7. The van der Waals surface area contributed by atoms with Crippen LogP contribution in [0.3, 0.4) is 0 Å². The van der Waals surface area contributed by atoms with E-state index < -0.39 is 27.7 Å². The smallest absolute Gasteiger partial charge is 0.268 e. The van der Waals surface area contributed by atoms with Crippen LogP contribution < -0.4 is 5.32 Å². The van der Waals surface area contributed by atoms with Crippen LogP contribution in [-0.2, 0) is 21.1 Å². The highest BCUT2D eigenvalue weighted by Crippen LogP contribution is 2.29. The van der Waals surface area contributed by atoms with Gasteiger partial charge in [-0.15, -0.1) is 11.3 Å². The fraction of sp³-hybridized carbons (Fsp3) is 0.263. The molecular weight excluding hydrogens is 434 g/mol. The van der Waals surface area contributed by atoms with E-state index in [2.05, 4.69) is 10.3 Å². The van der Waals surface area contributed by atoms with E-state index in [-0.39, 0.29) is 24.6 Å². The number of fused-ring (bicyclic) bond motifs is 1. The Kier molecular flexibility index (Phi) is 5.37. The van der Waals surface area contributed by atoms with E-state index in [1.54, 1.807) is 12.1 Å². The molecule has 1 fully saturated rings. The highest BCUT2D eigenvalue weighted by Gasteiger charge is 2.34. The van der Waals surface area contributed by atoms with Crippen molar-refractivity contribution in [1.82, 2.24) is 15.2 Å². The zero-order valence-electron chi connectivity index (χ0n) is 15.2. The molecule has 2 aromatic heterocycles. The number of nitrogens with one attached hydrogen (secondary N) is 2. The third kappa shape index (κ3) is 4.47. The quantitative estimate of drug-likeness (QED) is 0.622. The van der Waals surface area contributed by atoms with E-state index >= 15 is 0 Å². The third-order valence-corrected chi connectivity index (χ3v) is 7.45. The molecule has 1 aromatic carbocycles. The zero-order valence-corrected chi connectivity index (χ0v) is 17.6. The second-order valence-electron chi connectivity index (χ2n) is 6.91. The number of carbonyl (C=O) groups is 2. The van der Waals surface area contributed by atoms with Crippen LogP contribution in [0.4, 0.5) is 0 Å². The molecule has 1 aliphatic rings. The first-order valence-corrected chi connectivity index (χ1v) is 11.9. The Balaban J connectivity index is 1.56. The van der Waals surface area contributed by atoms with Gasteiger partial charge in [0.2, 0.25) is 5.91 Å². The summed E-state index contributed by atoms with van der Waals surface area (Å²) in [7, 11) is -3.27. The fourth-order valence-electron chi connectivity index (χ4n) is 3.31. The van der Waals surface area contributed by atoms with Crippen LogP contribution in [0.25, 0.3) is 10.2 Å². The Bertz CT molecular complexity index is 1140. The Morgan fingerprint density at radius 3 is 2.66 bits per heavy atom. The summed E-state index contributed by atoms with van der Waals surface area (Å²) in [5, 5.41) is 3.59. The van der Waals surface area contributed by atoms with E-state index in [9.17, 15) is 18.0 Å². The minimum atomic E-state index is -3.27. The highest BCUT2D eigenvalue weighted by molar-refractivity contribution is 7.91. The van der Waals surface area contributed by atoms with Crippen molar-refractivity contribution in [2.45, 2.75) is 12.5 Å². The molecule has 0 bridgehead atoms. The Morgan fingerprint density at radius 1 is 1.24 bits per heavy atom. The third-order valence-electron chi connectivity index (χ3n) is 4.75. The van der Waals surface area contributed by atoms with Gasteiger partial charge in [0.15, 0.2) is 9.84 Å². The SMILES string of the molecule is O=C(N[C@@H](Cc1ccccc1)C(=O)N1CCS(=O)(=O)C1)c1cc2cc(Cl)sc2[nH]1. The number of nitrogens with zero attached hydrogens (tertiary/aromatic N) is 1. The average molecular weight is 452 g/mol. The Labute approximate surface area is 176 Å². The van der Waals surface area contributed by atoms with E-state index in [0.29, 0.717) is 10.0 Å². The van der Waals surface area contributed by atoms with Crippen LogP contribution >= 0.6 is 22.9 Å². The van der Waals surface area contributed by atoms with Gasteiger partial charge in [-0.05, 0) is 17.7 Å². The van der Waals surface area contributed by atoms with Gasteiger partial charge in [0.05, 0.1) is 10.1 Å². The number of sulfone groups is 1. The number of rotatable bonds is 5. The molecular formula is C19H18ClN3O4S2. The predicted molar refractivity (Wildman–Crippen MR) is 113 cm³/mol. The summed E-state index contributed by atoms with van der Waals surface area (Å²) >= 11 is 7.29. The summed E-state index contributed by atoms with van der Waals surface area (Å²) < 4.78 is 24.2. The lowest BCUT2D eigenvalue weighted by Crippen LogP contribution is -2.49. The lowest BCUT2D eigenvalue weighted by Gasteiger charge is -2.23. The molecule has 152 valence electrons. The number of aromatic amines is 1. The summed E-state index contributed by atoms with van der Waals surface area (Å²) in [6, 6.07) is 11.9. The number of aromatic nitrogens is 1. The van der Waals surface area contributed by atoms with Crippen LogP contribution in [0.1, 0.15) is 16.1 Å². The monoisotopic (exact) mass is 451 g/mol. The topological polar surface area (TPSA) is 99.3 Å². The summed E-state index contributed by atoms with van der Waals surface area (Å²) in [5.74, 6) is -1.21. The minimum Gasteiger partial charge on any atom is -0.342 e. The van der Waals surface area contributed by atoms with Gasteiger partial charge in [0.25, 0.3) is 5.91 Å². The molecule has 0 saturated carbocycles. The molecule has 0 spiro atoms. The molecule has 7 nitrogen and oxygen atoms in total. The van der Waals surface area contributed by atoms with Gasteiger partial charge < -0.3 is 15.2 Å². The fourth-order valence-corrected chi connectivity index (χ4v) is 5.80. The maximum absolute atomic E-state index is 13.0. The van der Waals surface area contributed by atoms with E-state index in [0.717, 1.165) is 15.8 Å². The van der Waals surface area contributed by atoms with Crippen LogP contribution in [0.5, 0.6) is 0 Å². The second kappa shape index (κ2) is 7.81. The predicted octanol–water partition coefficient (Wildman–Crippen LogP) is 2.44. The lowest BCUT2D eigenvalue weighted by atomic mass is 10.0. The van der Waals surface area contributed by atoms with Gasteiger partial charge in [-0.25, -0.2) is 8.42 Å². The average Bonchev–Trinajstić information content (AvgIpc) is 3.33. The molecule has 3 heterocycles. The number of halogens is 1. The maximum Gasteiger partial charge on any atom is 0.268 e. The molecule has 0 radical (unpaired) electrons. The molecule has 2 N–H and O–H groups in total. The van der Waals surface area contributed by atoms with Gasteiger partial charge in [-0.3, -0.25) is 9.59 Å². The minimum absolute atomic E-state index is 0.0571. The van der Waals surface area contributed by atoms with Gasteiger partial charge in [-0.1, -0.05) is 41.9 Å². The lowest BCUT2D eigenvalue weighted by molar-refractivity contribution is -0.131. The first-order valence-electron chi connectivity index (χ1n) is 8.93. The number of hydrogen-bond donors (Lipinski definition) is 2. The molecule has 29 heavy (non-hydrogen) atoms. The van der Waals surface area contributed by atoms with E-state index in [4.69, 9.17) is 11.6 Å². The van der Waals surface area contributed by atoms with Gasteiger partial charge in [0.1, 0.15) is 22.4 Å². The standard InChI is InChI=1S/C19H18ClN3O4S2/c20-16-10-13-9-14(22-18(13)28-16)17(24)21-15(8-12-4-2-1-3-5-12)19(25)23-6-7-29(26,27)11-23/h1-5,9-10,15,22H,6-8,11H2,(H,21,24)/t15-/m0/s1. The van der Waals surface area contributed by atoms with Crippen molar-refractivity contribution in [2.24, 2.45) is 0 Å². The van der Waals surface area contributed by atoms with E-state index in [1.807, 2.05) is 30.3 Å². The molecule has 3 aromatic rings. The molecule has 0 aliphatic carbocycles. The zero-order chi connectivity index (χ0) is 20.6. The van der Waals surface area contributed by atoms with Crippen molar-refractivity contribution in [3.63, 3.8) is 0 Å². The van der Waals surface area contributed by atoms with Crippen molar-refractivity contribution in [3.8, 4) is 0 Å². The van der Waals surface area contributed by atoms with Crippen molar-refractivity contribution in [1.29, 1.82) is 0 Å². The molecule has 2 amide bonds. The van der Waals surface area contributed by atoms with Crippen LogP contribution in [0.2, 0.25) is 4.34 Å². The number of benzene rings is 1. The summed E-state index contributed by atoms with van der Waals surface area (Å²) in [5.41, 5.74) is 1.19. The van der Waals surface area contributed by atoms with Gasteiger partial charge in [-0.2, -0.15) is 0 Å². The van der Waals surface area contributed by atoms with Crippen LogP contribution in [0, 0.1) is 0 Å². The molecule has 1 atom stereocenters. The highest BCUT2D eigenvalue weighted by atomic mass is 35.5. The summed E-state index contributed by atoms with van der Waals surface area (Å²) in [4.78, 5) is 30.8. The van der Waals surface area contributed by atoms with Gasteiger partial charge >= 0.3 is 0 Å². The van der Waals surface area contributed by atoms with Crippen molar-refractivity contribution >= 4 is 54.8 Å². The summed E-state index contributed by atoms with van der Waals surface area (Å²) in [6.07, 6.45) is 0.267. The van der Waals surface area contributed by atoms with Gasteiger partial charge in [0, 0.05) is 18.4 Å². The maximum atomic E-state index is 13.0. The number of carbonyl (C=O) groups excluding carboxylic acids is 2. The molecule has 10 heteroatoms. The first-order chi connectivity index (χ1) is 13.8. The van der Waals surface area contributed by atoms with Crippen LogP contribution in [-0.4, -0.2) is 54.3 Å². The number of thiophene rings is 1. The van der Waals surface area contributed by atoms with Crippen molar-refractivity contribution in [2.75, 3.05) is 18.2 Å². The molecule has 4 rings (SSSR count).